The Bertz CT molecular complexity index is 391. The third kappa shape index (κ3) is 3.69. The summed E-state index contributed by atoms with van der Waals surface area (Å²) in [5.74, 6) is 2.36. The summed E-state index contributed by atoms with van der Waals surface area (Å²) in [5.41, 5.74) is 0.415. The molecular formula is C14H19F2NS. The molecule has 100 valence electrons. The Morgan fingerprint density at radius 2 is 2.28 bits per heavy atom. The molecule has 1 aromatic rings. The van der Waals surface area contributed by atoms with Gasteiger partial charge in [-0.15, -0.1) is 0 Å². The SMILES string of the molecule is CC(NCC1CCCSC1)c1cc(F)ccc1F. The van der Waals surface area contributed by atoms with Crippen molar-refractivity contribution in [3.63, 3.8) is 0 Å². The van der Waals surface area contributed by atoms with Crippen LogP contribution < -0.4 is 5.32 Å². The van der Waals surface area contributed by atoms with Gasteiger partial charge in [0.25, 0.3) is 0 Å². The number of hydrogen-bond donors (Lipinski definition) is 1. The summed E-state index contributed by atoms with van der Waals surface area (Å²) in [6.07, 6.45) is 2.50. The summed E-state index contributed by atoms with van der Waals surface area (Å²) >= 11 is 1.98. The Labute approximate surface area is 111 Å². The minimum absolute atomic E-state index is 0.146. The fourth-order valence-electron chi connectivity index (χ4n) is 2.27. The van der Waals surface area contributed by atoms with Gasteiger partial charge in [-0.2, -0.15) is 11.8 Å². The normalized spacial score (nSPS) is 21.8. The first-order valence-corrected chi connectivity index (χ1v) is 7.58. The lowest BCUT2D eigenvalue weighted by molar-refractivity contribution is 0.434. The van der Waals surface area contributed by atoms with E-state index in [2.05, 4.69) is 5.32 Å². The highest BCUT2D eigenvalue weighted by molar-refractivity contribution is 7.99. The topological polar surface area (TPSA) is 12.0 Å². The molecule has 0 aromatic heterocycles. The van der Waals surface area contributed by atoms with Gasteiger partial charge >= 0.3 is 0 Å². The molecule has 1 aliphatic rings. The molecule has 0 spiro atoms. The van der Waals surface area contributed by atoms with Gasteiger partial charge in [0.05, 0.1) is 0 Å². The molecule has 18 heavy (non-hydrogen) atoms. The van der Waals surface area contributed by atoms with E-state index in [1.807, 2.05) is 18.7 Å². The van der Waals surface area contributed by atoms with Crippen molar-refractivity contribution in [2.75, 3.05) is 18.1 Å². The van der Waals surface area contributed by atoms with Gasteiger partial charge in [0.2, 0.25) is 0 Å². The molecule has 1 fully saturated rings. The van der Waals surface area contributed by atoms with Gasteiger partial charge in [-0.25, -0.2) is 8.78 Å². The van der Waals surface area contributed by atoms with E-state index in [0.717, 1.165) is 12.6 Å². The first kappa shape index (κ1) is 13.8. The van der Waals surface area contributed by atoms with Crippen LogP contribution in [0.4, 0.5) is 8.78 Å². The van der Waals surface area contributed by atoms with Gasteiger partial charge in [0.1, 0.15) is 11.6 Å². The van der Waals surface area contributed by atoms with Gasteiger partial charge in [0.15, 0.2) is 0 Å². The minimum Gasteiger partial charge on any atom is -0.310 e. The van der Waals surface area contributed by atoms with Gasteiger partial charge in [-0.3, -0.25) is 0 Å². The molecule has 1 heterocycles. The molecule has 2 atom stereocenters. The van der Waals surface area contributed by atoms with Crippen molar-refractivity contribution in [1.29, 1.82) is 0 Å². The fraction of sp³-hybridized carbons (Fsp3) is 0.571. The Morgan fingerprint density at radius 1 is 1.44 bits per heavy atom. The molecule has 1 nitrogen and oxygen atoms in total. The summed E-state index contributed by atoms with van der Waals surface area (Å²) in [5, 5.41) is 3.32. The highest BCUT2D eigenvalue weighted by atomic mass is 32.2. The standard InChI is InChI=1S/C14H19F2NS/c1-10(13-7-12(15)4-5-14(13)16)17-8-11-3-2-6-18-9-11/h4-5,7,10-11,17H,2-3,6,8-9H2,1H3. The maximum atomic E-state index is 13.6. The van der Waals surface area contributed by atoms with Crippen molar-refractivity contribution in [2.45, 2.75) is 25.8 Å². The molecule has 4 heteroatoms. The number of thioether (sulfide) groups is 1. The van der Waals surface area contributed by atoms with E-state index in [1.54, 1.807) is 0 Å². The fourth-order valence-corrected chi connectivity index (χ4v) is 3.42. The zero-order valence-corrected chi connectivity index (χ0v) is 11.4. The van der Waals surface area contributed by atoms with Gasteiger partial charge in [-0.1, -0.05) is 0 Å². The second-order valence-electron chi connectivity index (χ2n) is 4.88. The lowest BCUT2D eigenvalue weighted by Crippen LogP contribution is -2.29. The van der Waals surface area contributed by atoms with Crippen LogP contribution in [0.3, 0.4) is 0 Å². The first-order valence-electron chi connectivity index (χ1n) is 6.43. The summed E-state index contributed by atoms with van der Waals surface area (Å²) < 4.78 is 26.7. The first-order chi connectivity index (χ1) is 8.66. The molecule has 1 aromatic carbocycles. The summed E-state index contributed by atoms with van der Waals surface area (Å²) in [4.78, 5) is 0. The van der Waals surface area contributed by atoms with Crippen molar-refractivity contribution in [2.24, 2.45) is 5.92 Å². The summed E-state index contributed by atoms with van der Waals surface area (Å²) in [7, 11) is 0. The van der Waals surface area contributed by atoms with Crippen molar-refractivity contribution in [3.05, 3.63) is 35.4 Å². The molecular weight excluding hydrogens is 252 g/mol. The van der Waals surface area contributed by atoms with Crippen LogP contribution in [-0.2, 0) is 0 Å². The van der Waals surface area contributed by atoms with Crippen LogP contribution in [0.1, 0.15) is 31.4 Å². The average Bonchev–Trinajstić information content (AvgIpc) is 2.40. The second kappa shape index (κ2) is 6.53. The number of nitrogens with one attached hydrogen (secondary N) is 1. The molecule has 1 saturated heterocycles. The minimum atomic E-state index is -0.381. The Morgan fingerprint density at radius 3 is 3.00 bits per heavy atom. The maximum Gasteiger partial charge on any atom is 0.128 e. The quantitative estimate of drug-likeness (QED) is 0.895. The highest BCUT2D eigenvalue weighted by Gasteiger charge is 2.16. The number of rotatable bonds is 4. The second-order valence-corrected chi connectivity index (χ2v) is 6.03. The van der Waals surface area contributed by atoms with Gasteiger partial charge in [0, 0.05) is 11.6 Å². The van der Waals surface area contributed by atoms with Crippen LogP contribution in [-0.4, -0.2) is 18.1 Å². The van der Waals surface area contributed by atoms with Crippen molar-refractivity contribution in [1.82, 2.24) is 5.32 Å². The largest absolute Gasteiger partial charge is 0.310 e. The predicted octanol–water partition coefficient (Wildman–Crippen LogP) is 3.76. The highest BCUT2D eigenvalue weighted by Crippen LogP contribution is 2.23. The lowest BCUT2D eigenvalue weighted by atomic mass is 10.0. The van der Waals surface area contributed by atoms with Crippen molar-refractivity contribution < 1.29 is 8.78 Å². The van der Waals surface area contributed by atoms with Crippen LogP contribution in [0.2, 0.25) is 0 Å². The number of benzene rings is 1. The van der Waals surface area contributed by atoms with E-state index in [0.29, 0.717) is 11.5 Å². The molecule has 0 amide bonds. The van der Waals surface area contributed by atoms with E-state index in [4.69, 9.17) is 0 Å². The monoisotopic (exact) mass is 271 g/mol. The molecule has 0 saturated carbocycles. The molecule has 0 aliphatic carbocycles. The van der Waals surface area contributed by atoms with Crippen molar-refractivity contribution in [3.8, 4) is 0 Å². The van der Waals surface area contributed by atoms with E-state index in [9.17, 15) is 8.78 Å². The van der Waals surface area contributed by atoms with E-state index < -0.39 is 0 Å². The summed E-state index contributed by atoms with van der Waals surface area (Å²) in [6.45, 7) is 2.76. The third-order valence-electron chi connectivity index (χ3n) is 3.39. The Hall–Kier alpha value is -0.610. The van der Waals surface area contributed by atoms with Crippen molar-refractivity contribution >= 4 is 11.8 Å². The third-order valence-corrected chi connectivity index (χ3v) is 4.68. The molecule has 2 rings (SSSR count). The van der Waals surface area contributed by atoms with Crippen LogP contribution in [0, 0.1) is 17.6 Å². The zero-order chi connectivity index (χ0) is 13.0. The van der Waals surface area contributed by atoms with Crippen LogP contribution in [0.25, 0.3) is 0 Å². The van der Waals surface area contributed by atoms with Crippen LogP contribution in [0.15, 0.2) is 18.2 Å². The molecule has 0 radical (unpaired) electrons. The molecule has 1 aliphatic heterocycles. The van der Waals surface area contributed by atoms with Gasteiger partial charge in [-0.05, 0) is 61.9 Å². The van der Waals surface area contributed by atoms with E-state index in [1.165, 1.54) is 36.5 Å². The molecule has 1 N–H and O–H groups in total. The van der Waals surface area contributed by atoms with E-state index in [-0.39, 0.29) is 17.7 Å². The average molecular weight is 271 g/mol. The van der Waals surface area contributed by atoms with Crippen LogP contribution in [0.5, 0.6) is 0 Å². The Balaban J connectivity index is 1.90. The zero-order valence-electron chi connectivity index (χ0n) is 10.6. The Kier molecular flexibility index (Phi) is 5.01. The number of halogens is 2. The smallest absolute Gasteiger partial charge is 0.128 e. The van der Waals surface area contributed by atoms with Crippen LogP contribution >= 0.6 is 11.8 Å². The molecule has 2 unspecified atom stereocenters. The van der Waals surface area contributed by atoms with E-state index >= 15 is 0 Å². The maximum absolute atomic E-state index is 13.6. The lowest BCUT2D eigenvalue weighted by Gasteiger charge is -2.24. The van der Waals surface area contributed by atoms with Gasteiger partial charge < -0.3 is 5.32 Å². The summed E-state index contributed by atoms with van der Waals surface area (Å²) in [6, 6.07) is 3.48. The molecule has 0 bridgehead atoms. The predicted molar refractivity (Wildman–Crippen MR) is 72.8 cm³/mol. The number of hydrogen-bond acceptors (Lipinski definition) is 2.